The Kier molecular flexibility index (Phi) is 3.54. The molecule has 0 aromatic heterocycles. The van der Waals surface area contributed by atoms with Crippen molar-refractivity contribution in [3.63, 3.8) is 0 Å². The minimum atomic E-state index is -4.33. The van der Waals surface area contributed by atoms with Gasteiger partial charge in [0, 0.05) is 5.69 Å². The highest BCUT2D eigenvalue weighted by Gasteiger charge is 2.32. The maximum atomic E-state index is 12.7. The Morgan fingerprint density at radius 2 is 1.76 bits per heavy atom. The Hall–Kier alpha value is -1.39. The van der Waals surface area contributed by atoms with E-state index in [2.05, 4.69) is 5.32 Å². The molecule has 0 radical (unpaired) electrons. The van der Waals surface area contributed by atoms with Crippen molar-refractivity contribution >= 4 is 28.9 Å². The fourth-order valence-electron chi connectivity index (χ4n) is 2.45. The molecule has 1 aliphatic rings. The Balaban J connectivity index is 1.89. The number of anilines is 1. The Morgan fingerprint density at radius 3 is 2.43 bits per heavy atom. The minimum Gasteiger partial charge on any atom is -0.378 e. The number of nitrogens with one attached hydrogen (secondary N) is 1. The first-order valence-corrected chi connectivity index (χ1v) is 7.02. The van der Waals surface area contributed by atoms with Gasteiger partial charge in [0.2, 0.25) is 0 Å². The average molecular weight is 332 g/mol. The quantitative estimate of drug-likeness (QED) is 0.704. The molecule has 2 aromatic carbocycles. The first-order valence-electron chi connectivity index (χ1n) is 6.26. The summed E-state index contributed by atoms with van der Waals surface area (Å²) in [6, 6.07) is 8.91. The molecule has 0 aliphatic carbocycles. The van der Waals surface area contributed by atoms with Gasteiger partial charge >= 0.3 is 6.18 Å². The molecule has 21 heavy (non-hydrogen) atoms. The fraction of sp³-hybridized carbons (Fsp3) is 0.200. The van der Waals surface area contributed by atoms with E-state index in [-0.39, 0.29) is 6.04 Å². The summed E-state index contributed by atoms with van der Waals surface area (Å²) in [5, 5.41) is 4.00. The van der Waals surface area contributed by atoms with Gasteiger partial charge in [0.1, 0.15) is 0 Å². The molecule has 1 N–H and O–H groups in total. The monoisotopic (exact) mass is 331 g/mol. The van der Waals surface area contributed by atoms with Crippen LogP contribution in [0.2, 0.25) is 10.0 Å². The minimum absolute atomic E-state index is 0.0988. The van der Waals surface area contributed by atoms with Crippen molar-refractivity contribution in [1.29, 1.82) is 0 Å². The smallest absolute Gasteiger partial charge is 0.378 e. The van der Waals surface area contributed by atoms with Crippen LogP contribution in [-0.2, 0) is 12.6 Å². The molecule has 2 aromatic rings. The lowest BCUT2D eigenvalue weighted by atomic mass is 10.0. The lowest BCUT2D eigenvalue weighted by Gasteiger charge is -2.13. The molecule has 6 heteroatoms. The molecule has 110 valence electrons. The molecule has 1 atom stereocenters. The molecule has 1 heterocycles. The van der Waals surface area contributed by atoms with Gasteiger partial charge in [-0.1, -0.05) is 35.3 Å². The van der Waals surface area contributed by atoms with Crippen LogP contribution >= 0.6 is 23.2 Å². The van der Waals surface area contributed by atoms with Crippen LogP contribution in [0.5, 0.6) is 0 Å². The Bertz CT molecular complexity index is 698. The van der Waals surface area contributed by atoms with Crippen LogP contribution in [0.1, 0.15) is 22.7 Å². The second kappa shape index (κ2) is 5.11. The summed E-state index contributed by atoms with van der Waals surface area (Å²) in [6.45, 7) is 0. The lowest BCUT2D eigenvalue weighted by Crippen LogP contribution is -2.06. The van der Waals surface area contributed by atoms with Crippen molar-refractivity contribution < 1.29 is 13.2 Å². The lowest BCUT2D eigenvalue weighted by molar-refractivity contribution is -0.137. The number of halogens is 5. The van der Waals surface area contributed by atoms with Crippen LogP contribution in [0.3, 0.4) is 0 Å². The van der Waals surface area contributed by atoms with Crippen molar-refractivity contribution in [3.05, 3.63) is 63.1 Å². The zero-order valence-electron chi connectivity index (χ0n) is 10.6. The number of hydrogen-bond acceptors (Lipinski definition) is 1. The van der Waals surface area contributed by atoms with E-state index >= 15 is 0 Å². The summed E-state index contributed by atoms with van der Waals surface area (Å²) < 4.78 is 38.1. The van der Waals surface area contributed by atoms with E-state index < -0.39 is 11.7 Å². The largest absolute Gasteiger partial charge is 0.416 e. The molecule has 0 saturated carbocycles. The van der Waals surface area contributed by atoms with Gasteiger partial charge in [0.25, 0.3) is 0 Å². The van der Waals surface area contributed by atoms with Crippen LogP contribution in [0.15, 0.2) is 36.4 Å². The predicted octanol–water partition coefficient (Wildman–Crippen LogP) is 5.72. The molecule has 0 saturated heterocycles. The highest BCUT2D eigenvalue weighted by Crippen LogP contribution is 2.39. The van der Waals surface area contributed by atoms with Gasteiger partial charge < -0.3 is 5.32 Å². The molecule has 1 nitrogen and oxygen atoms in total. The van der Waals surface area contributed by atoms with Gasteiger partial charge in [-0.3, -0.25) is 0 Å². The molecular weight excluding hydrogens is 322 g/mol. The van der Waals surface area contributed by atoms with Crippen molar-refractivity contribution in [3.8, 4) is 0 Å². The van der Waals surface area contributed by atoms with Crippen LogP contribution in [-0.4, -0.2) is 0 Å². The summed E-state index contributed by atoms with van der Waals surface area (Å²) in [6.07, 6.45) is -3.72. The number of benzene rings is 2. The fourth-order valence-corrected chi connectivity index (χ4v) is 2.76. The standard InChI is InChI=1S/C15H10Cl2F3N/c16-11-4-2-8(5-12(11)17)13-6-9-1-3-10(15(18,19)20)7-14(9)21-13/h1-5,7,13,21H,6H2. The molecule has 1 aliphatic heterocycles. The predicted molar refractivity (Wildman–Crippen MR) is 78.0 cm³/mol. The molecule has 0 fully saturated rings. The number of hydrogen-bond donors (Lipinski definition) is 1. The Morgan fingerprint density at radius 1 is 1.00 bits per heavy atom. The van der Waals surface area contributed by atoms with Gasteiger partial charge in [0.05, 0.1) is 21.7 Å². The molecule has 3 rings (SSSR count). The van der Waals surface area contributed by atoms with Crippen LogP contribution in [0.25, 0.3) is 0 Å². The summed E-state index contributed by atoms with van der Waals surface area (Å²) >= 11 is 11.9. The van der Waals surface area contributed by atoms with E-state index in [1.165, 1.54) is 6.07 Å². The average Bonchev–Trinajstić information content (AvgIpc) is 2.83. The molecule has 0 spiro atoms. The summed E-state index contributed by atoms with van der Waals surface area (Å²) in [5.74, 6) is 0. The second-order valence-electron chi connectivity index (χ2n) is 4.94. The zero-order chi connectivity index (χ0) is 15.2. The van der Waals surface area contributed by atoms with Crippen molar-refractivity contribution in [2.24, 2.45) is 0 Å². The van der Waals surface area contributed by atoms with Crippen molar-refractivity contribution in [2.75, 3.05) is 5.32 Å². The number of alkyl halides is 3. The third kappa shape index (κ3) is 2.83. The van der Waals surface area contributed by atoms with Crippen molar-refractivity contribution in [2.45, 2.75) is 18.6 Å². The van der Waals surface area contributed by atoms with Gasteiger partial charge in [-0.15, -0.1) is 0 Å². The first kappa shape index (κ1) is 14.5. The summed E-state index contributed by atoms with van der Waals surface area (Å²) in [7, 11) is 0. The maximum absolute atomic E-state index is 12.7. The Labute approximate surface area is 129 Å². The molecule has 0 bridgehead atoms. The highest BCUT2D eigenvalue weighted by atomic mass is 35.5. The topological polar surface area (TPSA) is 12.0 Å². The molecular formula is C15H10Cl2F3N. The van der Waals surface area contributed by atoms with E-state index in [1.54, 1.807) is 12.1 Å². The van der Waals surface area contributed by atoms with Gasteiger partial charge in [-0.05, 0) is 41.8 Å². The maximum Gasteiger partial charge on any atom is 0.416 e. The van der Waals surface area contributed by atoms with E-state index in [9.17, 15) is 13.2 Å². The zero-order valence-corrected chi connectivity index (χ0v) is 12.2. The normalized spacial score (nSPS) is 17.5. The van der Waals surface area contributed by atoms with E-state index in [0.717, 1.165) is 23.3 Å². The van der Waals surface area contributed by atoms with E-state index in [1.807, 2.05) is 6.07 Å². The number of fused-ring (bicyclic) bond motifs is 1. The highest BCUT2D eigenvalue weighted by molar-refractivity contribution is 6.42. The van der Waals surface area contributed by atoms with Crippen molar-refractivity contribution in [1.82, 2.24) is 0 Å². The van der Waals surface area contributed by atoms with Gasteiger partial charge in [-0.25, -0.2) is 0 Å². The third-order valence-electron chi connectivity index (χ3n) is 3.54. The van der Waals surface area contributed by atoms with E-state index in [4.69, 9.17) is 23.2 Å². The van der Waals surface area contributed by atoms with Gasteiger partial charge in [0.15, 0.2) is 0 Å². The summed E-state index contributed by atoms with van der Waals surface area (Å²) in [4.78, 5) is 0. The first-order chi connectivity index (χ1) is 9.84. The molecule has 1 unspecified atom stereocenters. The van der Waals surface area contributed by atoms with Crippen LogP contribution in [0.4, 0.5) is 18.9 Å². The second-order valence-corrected chi connectivity index (χ2v) is 5.76. The summed E-state index contributed by atoms with van der Waals surface area (Å²) in [5.41, 5.74) is 1.62. The molecule has 0 amide bonds. The van der Waals surface area contributed by atoms with Gasteiger partial charge in [-0.2, -0.15) is 13.2 Å². The SMILES string of the molecule is FC(F)(F)c1ccc2c(c1)NC(c1ccc(Cl)c(Cl)c1)C2. The number of rotatable bonds is 1. The van der Waals surface area contributed by atoms with Crippen LogP contribution in [0, 0.1) is 0 Å². The van der Waals surface area contributed by atoms with E-state index in [0.29, 0.717) is 22.2 Å². The third-order valence-corrected chi connectivity index (χ3v) is 4.28. The van der Waals surface area contributed by atoms with Crippen LogP contribution < -0.4 is 5.32 Å².